The van der Waals surface area contributed by atoms with Crippen LogP contribution in [-0.4, -0.2) is 50.1 Å². The minimum atomic E-state index is -0.558. The van der Waals surface area contributed by atoms with Crippen molar-refractivity contribution in [3.05, 3.63) is 52.8 Å². The van der Waals surface area contributed by atoms with Crippen LogP contribution in [0, 0.1) is 20.8 Å². The number of ether oxygens (including phenoxy) is 1. The Labute approximate surface area is 206 Å². The van der Waals surface area contributed by atoms with E-state index in [0.29, 0.717) is 24.6 Å². The summed E-state index contributed by atoms with van der Waals surface area (Å²) in [6.45, 7) is 12.6. The second kappa shape index (κ2) is 9.68. The Bertz CT molecular complexity index is 1240. The van der Waals surface area contributed by atoms with Gasteiger partial charge < -0.3 is 14.2 Å². The maximum atomic E-state index is 13.2. The van der Waals surface area contributed by atoms with Crippen LogP contribution < -0.4 is 5.32 Å². The Hall–Kier alpha value is -3.42. The second-order valence-electron chi connectivity index (χ2n) is 10.4. The van der Waals surface area contributed by atoms with Crippen LogP contribution in [0.4, 0.5) is 10.7 Å². The van der Waals surface area contributed by atoms with E-state index in [4.69, 9.17) is 9.72 Å². The Morgan fingerprint density at radius 3 is 2.46 bits per heavy atom. The molecule has 2 amide bonds. The van der Waals surface area contributed by atoms with E-state index in [1.807, 2.05) is 59.7 Å². The number of aromatic nitrogens is 3. The van der Waals surface area contributed by atoms with Gasteiger partial charge >= 0.3 is 6.09 Å². The van der Waals surface area contributed by atoms with Crippen molar-refractivity contribution in [2.24, 2.45) is 0 Å². The summed E-state index contributed by atoms with van der Waals surface area (Å²) in [5.74, 6) is 0.257. The molecule has 0 spiro atoms. The molecule has 0 aliphatic carbocycles. The fourth-order valence-corrected chi connectivity index (χ4v) is 4.73. The van der Waals surface area contributed by atoms with Crippen molar-refractivity contribution in [1.82, 2.24) is 19.4 Å². The van der Waals surface area contributed by atoms with Crippen molar-refractivity contribution < 1.29 is 14.3 Å². The number of aryl methyl sites for hydroxylation is 3. The van der Waals surface area contributed by atoms with Gasteiger partial charge in [-0.1, -0.05) is 12.1 Å². The van der Waals surface area contributed by atoms with E-state index >= 15 is 0 Å². The number of rotatable bonds is 3. The largest absolute Gasteiger partial charge is 0.444 e. The van der Waals surface area contributed by atoms with Gasteiger partial charge in [0.1, 0.15) is 5.60 Å². The summed E-state index contributed by atoms with van der Waals surface area (Å²) < 4.78 is 7.77. The van der Waals surface area contributed by atoms with Gasteiger partial charge in [0.25, 0.3) is 5.91 Å². The van der Waals surface area contributed by atoms with Crippen molar-refractivity contribution in [3.8, 4) is 0 Å². The van der Waals surface area contributed by atoms with E-state index in [2.05, 4.69) is 14.9 Å². The maximum Gasteiger partial charge on any atom is 0.410 e. The number of carbonyl (C=O) groups is 2. The third kappa shape index (κ3) is 5.63. The zero-order valence-corrected chi connectivity index (χ0v) is 21.5. The number of benzene rings is 1. The zero-order valence-electron chi connectivity index (χ0n) is 21.5. The van der Waals surface area contributed by atoms with E-state index in [1.165, 1.54) is 0 Å². The van der Waals surface area contributed by atoms with Gasteiger partial charge in [-0.2, -0.15) is 0 Å². The molecule has 1 saturated heterocycles. The smallest absolute Gasteiger partial charge is 0.410 e. The molecule has 1 aliphatic rings. The number of hydrogen-bond acceptors (Lipinski definition) is 5. The lowest BCUT2D eigenvalue weighted by molar-refractivity contribution is 0.0238. The third-order valence-corrected chi connectivity index (χ3v) is 6.14. The first-order valence-electron chi connectivity index (χ1n) is 12.2. The van der Waals surface area contributed by atoms with Gasteiger partial charge in [-0.25, -0.2) is 9.78 Å². The normalized spacial score (nSPS) is 16.7. The van der Waals surface area contributed by atoms with Crippen molar-refractivity contribution in [2.75, 3.05) is 18.4 Å². The molecule has 0 radical (unpaired) electrons. The van der Waals surface area contributed by atoms with E-state index in [0.717, 1.165) is 47.2 Å². The SMILES string of the molecule is Cc1cc(C(=O)Nc2nc3cccc(C)c3n2C2CCCCN(C(=O)OC(C)(C)C)C2)cc(C)n1. The highest BCUT2D eigenvalue weighted by molar-refractivity contribution is 6.04. The summed E-state index contributed by atoms with van der Waals surface area (Å²) in [4.78, 5) is 37.1. The summed E-state index contributed by atoms with van der Waals surface area (Å²) in [5.41, 5.74) is 4.42. The number of carbonyl (C=O) groups excluding carboxylic acids is 2. The van der Waals surface area contributed by atoms with Crippen LogP contribution in [-0.2, 0) is 4.74 Å². The summed E-state index contributed by atoms with van der Waals surface area (Å²) in [7, 11) is 0. The number of anilines is 1. The molecule has 1 aliphatic heterocycles. The lowest BCUT2D eigenvalue weighted by Gasteiger charge is -2.29. The van der Waals surface area contributed by atoms with Crippen LogP contribution in [0.25, 0.3) is 11.0 Å². The average Bonchev–Trinajstić information content (AvgIpc) is 2.94. The van der Waals surface area contributed by atoms with E-state index < -0.39 is 5.60 Å². The highest BCUT2D eigenvalue weighted by atomic mass is 16.6. The van der Waals surface area contributed by atoms with Gasteiger partial charge in [-0.3, -0.25) is 15.1 Å². The topological polar surface area (TPSA) is 89.4 Å². The number of imidazole rings is 1. The molecule has 1 aromatic carbocycles. The molecular weight excluding hydrogens is 442 g/mol. The van der Waals surface area contributed by atoms with Crippen LogP contribution in [0.2, 0.25) is 0 Å². The fraction of sp³-hybridized carbons (Fsp3) is 0.481. The first kappa shape index (κ1) is 24.7. The van der Waals surface area contributed by atoms with Crippen LogP contribution >= 0.6 is 0 Å². The highest BCUT2D eigenvalue weighted by Crippen LogP contribution is 2.32. The predicted molar refractivity (Wildman–Crippen MR) is 137 cm³/mol. The Balaban J connectivity index is 1.72. The van der Waals surface area contributed by atoms with Gasteiger partial charge in [0.15, 0.2) is 0 Å². The number of para-hydroxylation sites is 1. The van der Waals surface area contributed by atoms with E-state index in [1.54, 1.807) is 17.0 Å². The number of likely N-dealkylation sites (tertiary alicyclic amines) is 1. The third-order valence-electron chi connectivity index (χ3n) is 6.14. The summed E-state index contributed by atoms with van der Waals surface area (Å²) in [6.07, 6.45) is 2.43. The molecular formula is C27H35N5O3. The lowest BCUT2D eigenvalue weighted by Crippen LogP contribution is -2.39. The van der Waals surface area contributed by atoms with Crippen LogP contribution in [0.15, 0.2) is 30.3 Å². The number of pyridine rings is 1. The van der Waals surface area contributed by atoms with Crippen LogP contribution in [0.1, 0.15) is 73.4 Å². The first-order chi connectivity index (χ1) is 16.5. The Kier molecular flexibility index (Phi) is 6.83. The molecule has 0 saturated carbocycles. The number of fused-ring (bicyclic) bond motifs is 1. The molecule has 1 N–H and O–H groups in total. The summed E-state index contributed by atoms with van der Waals surface area (Å²) in [5, 5.41) is 3.05. The van der Waals surface area contributed by atoms with Gasteiger partial charge in [0.2, 0.25) is 5.95 Å². The molecule has 1 fully saturated rings. The van der Waals surface area contributed by atoms with Crippen LogP contribution in [0.5, 0.6) is 0 Å². The maximum absolute atomic E-state index is 13.2. The minimum Gasteiger partial charge on any atom is -0.444 e. The number of nitrogens with one attached hydrogen (secondary N) is 1. The molecule has 35 heavy (non-hydrogen) atoms. The van der Waals surface area contributed by atoms with Gasteiger partial charge in [0, 0.05) is 30.0 Å². The molecule has 3 heterocycles. The van der Waals surface area contributed by atoms with Gasteiger partial charge in [0.05, 0.1) is 17.1 Å². The van der Waals surface area contributed by atoms with E-state index in [9.17, 15) is 9.59 Å². The summed E-state index contributed by atoms with van der Waals surface area (Å²) in [6, 6.07) is 9.47. The summed E-state index contributed by atoms with van der Waals surface area (Å²) >= 11 is 0. The number of nitrogens with zero attached hydrogens (tertiary/aromatic N) is 4. The van der Waals surface area contributed by atoms with Crippen LogP contribution in [0.3, 0.4) is 0 Å². The zero-order chi connectivity index (χ0) is 25.3. The minimum absolute atomic E-state index is 0.0488. The number of amides is 2. The highest BCUT2D eigenvalue weighted by Gasteiger charge is 2.30. The quantitative estimate of drug-likeness (QED) is 0.533. The molecule has 8 nitrogen and oxygen atoms in total. The molecule has 4 rings (SSSR count). The fourth-order valence-electron chi connectivity index (χ4n) is 4.73. The van der Waals surface area contributed by atoms with Gasteiger partial charge in [-0.05, 0) is 84.6 Å². The molecule has 1 atom stereocenters. The molecule has 3 aromatic rings. The molecule has 0 bridgehead atoms. The van der Waals surface area contributed by atoms with Gasteiger partial charge in [-0.15, -0.1) is 0 Å². The average molecular weight is 478 g/mol. The predicted octanol–water partition coefficient (Wildman–Crippen LogP) is 5.57. The molecule has 186 valence electrons. The molecule has 8 heteroatoms. The Morgan fingerprint density at radius 1 is 1.06 bits per heavy atom. The van der Waals surface area contributed by atoms with Crippen molar-refractivity contribution >= 4 is 29.0 Å². The molecule has 2 aromatic heterocycles. The second-order valence-corrected chi connectivity index (χ2v) is 10.4. The molecule has 1 unspecified atom stereocenters. The van der Waals surface area contributed by atoms with E-state index in [-0.39, 0.29) is 18.0 Å². The van der Waals surface area contributed by atoms with Crippen molar-refractivity contribution in [1.29, 1.82) is 0 Å². The van der Waals surface area contributed by atoms with Crippen molar-refractivity contribution in [2.45, 2.75) is 72.4 Å². The van der Waals surface area contributed by atoms with Crippen molar-refractivity contribution in [3.63, 3.8) is 0 Å². The monoisotopic (exact) mass is 477 g/mol. The number of hydrogen-bond donors (Lipinski definition) is 1. The first-order valence-corrected chi connectivity index (χ1v) is 12.2. The Morgan fingerprint density at radius 2 is 1.77 bits per heavy atom. The lowest BCUT2D eigenvalue weighted by atomic mass is 10.1. The standard InChI is InChI=1S/C27H35N5O3/c1-17-10-9-12-22-23(17)32(21-11-7-8-13-31(16-21)26(34)35-27(4,5)6)25(29-22)30-24(33)20-14-18(2)28-19(3)15-20/h9-10,12,14-15,21H,7-8,11,13,16H2,1-6H3,(H,29,30,33).